The van der Waals surface area contributed by atoms with Crippen molar-refractivity contribution in [1.29, 1.82) is 0 Å². The summed E-state index contributed by atoms with van der Waals surface area (Å²) in [6, 6.07) is 10.9. The number of piperidine rings is 1. The second kappa shape index (κ2) is 6.95. The molecule has 2 rings (SSSR count). The van der Waals surface area contributed by atoms with Crippen LogP contribution in [0, 0.1) is 5.41 Å². The summed E-state index contributed by atoms with van der Waals surface area (Å²) in [6.07, 6.45) is 5.32. The number of benzene rings is 1. The minimum Gasteiger partial charge on any atom is -0.371 e. The lowest BCUT2D eigenvalue weighted by molar-refractivity contribution is 0.195. The normalized spacial score (nSPS) is 23.3. The maximum atomic E-state index is 3.61. The van der Waals surface area contributed by atoms with E-state index in [4.69, 9.17) is 0 Å². The summed E-state index contributed by atoms with van der Waals surface area (Å²) in [6.45, 7) is 9.25. The van der Waals surface area contributed by atoms with Gasteiger partial charge in [-0.2, -0.15) is 0 Å². The Kier molecular flexibility index (Phi) is 5.26. The third-order valence-electron chi connectivity index (χ3n) is 4.37. The summed E-state index contributed by atoms with van der Waals surface area (Å²) < 4.78 is 0. The molecule has 1 atom stereocenters. The fourth-order valence-electron chi connectivity index (χ4n) is 3.42. The highest BCUT2D eigenvalue weighted by molar-refractivity contribution is 5.46. The molecule has 0 aromatic heterocycles. The maximum Gasteiger partial charge on any atom is 0.0366 e. The van der Waals surface area contributed by atoms with Gasteiger partial charge in [0, 0.05) is 30.7 Å². The van der Waals surface area contributed by atoms with Crippen molar-refractivity contribution in [2.45, 2.75) is 39.5 Å². The molecule has 1 heterocycles. The smallest absolute Gasteiger partial charge is 0.0366 e. The zero-order valence-electron chi connectivity index (χ0n) is 12.5. The number of nitrogens with one attached hydrogen (secondary N) is 1. The lowest BCUT2D eigenvalue weighted by Crippen LogP contribution is -2.47. The molecule has 1 unspecified atom stereocenters. The van der Waals surface area contributed by atoms with Crippen LogP contribution in [0.2, 0.25) is 0 Å². The molecule has 0 radical (unpaired) electrons. The maximum absolute atomic E-state index is 3.61. The fraction of sp³-hybridized carbons (Fsp3) is 0.647. The lowest BCUT2D eigenvalue weighted by Gasteiger charge is -2.42. The van der Waals surface area contributed by atoms with Crippen LogP contribution in [0.25, 0.3) is 0 Å². The van der Waals surface area contributed by atoms with Crippen LogP contribution in [0.15, 0.2) is 30.3 Å². The van der Waals surface area contributed by atoms with Crippen LogP contribution in [-0.4, -0.2) is 26.2 Å². The second-order valence-corrected chi connectivity index (χ2v) is 5.88. The van der Waals surface area contributed by atoms with Crippen molar-refractivity contribution >= 4 is 5.69 Å². The topological polar surface area (TPSA) is 15.3 Å². The highest BCUT2D eigenvalue weighted by Gasteiger charge is 2.32. The molecule has 19 heavy (non-hydrogen) atoms. The number of rotatable bonds is 6. The van der Waals surface area contributed by atoms with Gasteiger partial charge in [-0.25, -0.2) is 0 Å². The highest BCUT2D eigenvalue weighted by atomic mass is 15.1. The van der Waals surface area contributed by atoms with Gasteiger partial charge >= 0.3 is 0 Å². The highest BCUT2D eigenvalue weighted by Crippen LogP contribution is 2.33. The third-order valence-corrected chi connectivity index (χ3v) is 4.37. The molecule has 1 aliphatic rings. The SMILES string of the molecule is CCCC1(CN(CC)c2ccccc2)CCCNC1. The van der Waals surface area contributed by atoms with Crippen molar-refractivity contribution in [3.8, 4) is 0 Å². The Morgan fingerprint density at radius 2 is 2.00 bits per heavy atom. The predicted octanol–water partition coefficient (Wildman–Crippen LogP) is 3.68. The molecule has 106 valence electrons. The minimum absolute atomic E-state index is 0.471. The van der Waals surface area contributed by atoms with E-state index >= 15 is 0 Å². The molecule has 1 aliphatic heterocycles. The second-order valence-electron chi connectivity index (χ2n) is 5.88. The molecular weight excluding hydrogens is 232 g/mol. The molecule has 1 N–H and O–H groups in total. The zero-order chi connectivity index (χ0) is 13.6. The van der Waals surface area contributed by atoms with E-state index in [0.29, 0.717) is 5.41 Å². The Hall–Kier alpha value is -1.02. The van der Waals surface area contributed by atoms with Crippen LogP contribution >= 0.6 is 0 Å². The summed E-state index contributed by atoms with van der Waals surface area (Å²) in [5.74, 6) is 0. The fourth-order valence-corrected chi connectivity index (χ4v) is 3.42. The number of hydrogen-bond acceptors (Lipinski definition) is 2. The van der Waals surface area contributed by atoms with Crippen molar-refractivity contribution in [2.24, 2.45) is 5.41 Å². The first-order chi connectivity index (χ1) is 9.29. The molecule has 1 fully saturated rings. The van der Waals surface area contributed by atoms with E-state index in [1.165, 1.54) is 51.0 Å². The van der Waals surface area contributed by atoms with Gasteiger partial charge in [0.05, 0.1) is 0 Å². The van der Waals surface area contributed by atoms with E-state index in [-0.39, 0.29) is 0 Å². The number of anilines is 1. The number of para-hydroxylation sites is 1. The monoisotopic (exact) mass is 260 g/mol. The molecule has 1 saturated heterocycles. The summed E-state index contributed by atoms with van der Waals surface area (Å²) in [4.78, 5) is 2.54. The van der Waals surface area contributed by atoms with Crippen LogP contribution in [0.3, 0.4) is 0 Å². The first-order valence-corrected chi connectivity index (χ1v) is 7.80. The average Bonchev–Trinajstić information content (AvgIpc) is 2.47. The molecule has 0 spiro atoms. The van der Waals surface area contributed by atoms with E-state index in [0.717, 1.165) is 6.54 Å². The molecule has 0 bridgehead atoms. The largest absolute Gasteiger partial charge is 0.371 e. The standard InChI is InChI=1S/C17H28N2/c1-3-11-17(12-8-13-18-14-17)15-19(4-2)16-9-6-5-7-10-16/h5-7,9-10,18H,3-4,8,11-15H2,1-2H3. The van der Waals surface area contributed by atoms with Crippen molar-refractivity contribution in [3.05, 3.63) is 30.3 Å². The van der Waals surface area contributed by atoms with Crippen molar-refractivity contribution in [1.82, 2.24) is 5.32 Å². The van der Waals surface area contributed by atoms with E-state index in [9.17, 15) is 0 Å². The number of nitrogens with zero attached hydrogens (tertiary/aromatic N) is 1. The lowest BCUT2D eigenvalue weighted by atomic mass is 9.76. The minimum atomic E-state index is 0.471. The van der Waals surface area contributed by atoms with Gasteiger partial charge < -0.3 is 10.2 Å². The zero-order valence-corrected chi connectivity index (χ0v) is 12.5. The Balaban J connectivity index is 2.10. The molecule has 0 amide bonds. The van der Waals surface area contributed by atoms with Crippen LogP contribution in [0.1, 0.15) is 39.5 Å². The van der Waals surface area contributed by atoms with Crippen molar-refractivity contribution in [2.75, 3.05) is 31.1 Å². The summed E-state index contributed by atoms with van der Waals surface area (Å²) in [5, 5.41) is 3.61. The Morgan fingerprint density at radius 3 is 2.58 bits per heavy atom. The van der Waals surface area contributed by atoms with Gasteiger partial charge in [0.25, 0.3) is 0 Å². The van der Waals surface area contributed by atoms with Gasteiger partial charge in [0.2, 0.25) is 0 Å². The molecule has 2 nitrogen and oxygen atoms in total. The molecule has 1 aromatic rings. The van der Waals surface area contributed by atoms with Crippen LogP contribution < -0.4 is 10.2 Å². The molecular formula is C17H28N2. The average molecular weight is 260 g/mol. The third kappa shape index (κ3) is 3.73. The van der Waals surface area contributed by atoms with Gasteiger partial charge in [-0.15, -0.1) is 0 Å². The Labute approximate surface area is 118 Å². The van der Waals surface area contributed by atoms with Crippen LogP contribution in [-0.2, 0) is 0 Å². The number of hydrogen-bond donors (Lipinski definition) is 1. The van der Waals surface area contributed by atoms with Gasteiger partial charge in [-0.3, -0.25) is 0 Å². The summed E-state index contributed by atoms with van der Waals surface area (Å²) in [7, 11) is 0. The quantitative estimate of drug-likeness (QED) is 0.839. The predicted molar refractivity (Wildman–Crippen MR) is 83.8 cm³/mol. The van der Waals surface area contributed by atoms with Gasteiger partial charge in [0.1, 0.15) is 0 Å². The van der Waals surface area contributed by atoms with Crippen LogP contribution in [0.5, 0.6) is 0 Å². The van der Waals surface area contributed by atoms with E-state index < -0.39 is 0 Å². The first-order valence-electron chi connectivity index (χ1n) is 7.80. The first kappa shape index (κ1) is 14.4. The Bertz CT molecular complexity index is 349. The molecule has 0 aliphatic carbocycles. The molecule has 1 aromatic carbocycles. The van der Waals surface area contributed by atoms with Gasteiger partial charge in [-0.05, 0) is 44.9 Å². The molecule has 0 saturated carbocycles. The van der Waals surface area contributed by atoms with Gasteiger partial charge in [-0.1, -0.05) is 31.5 Å². The van der Waals surface area contributed by atoms with E-state index in [2.05, 4.69) is 54.4 Å². The van der Waals surface area contributed by atoms with Crippen molar-refractivity contribution < 1.29 is 0 Å². The summed E-state index contributed by atoms with van der Waals surface area (Å²) >= 11 is 0. The van der Waals surface area contributed by atoms with E-state index in [1.807, 2.05) is 0 Å². The van der Waals surface area contributed by atoms with Crippen LogP contribution in [0.4, 0.5) is 5.69 Å². The van der Waals surface area contributed by atoms with Gasteiger partial charge in [0.15, 0.2) is 0 Å². The molecule has 2 heteroatoms. The Morgan fingerprint density at radius 1 is 1.21 bits per heavy atom. The summed E-state index contributed by atoms with van der Waals surface area (Å²) in [5.41, 5.74) is 1.84. The van der Waals surface area contributed by atoms with E-state index in [1.54, 1.807) is 0 Å². The van der Waals surface area contributed by atoms with Crippen molar-refractivity contribution in [3.63, 3.8) is 0 Å².